The van der Waals surface area contributed by atoms with Crippen molar-refractivity contribution in [2.24, 2.45) is 5.92 Å². The molecule has 1 aromatic carbocycles. The van der Waals surface area contributed by atoms with E-state index in [2.05, 4.69) is 5.32 Å². The number of benzene rings is 1. The molecule has 0 fully saturated rings. The van der Waals surface area contributed by atoms with Crippen LogP contribution in [0.25, 0.3) is 0 Å². The van der Waals surface area contributed by atoms with Crippen molar-refractivity contribution in [3.05, 3.63) is 34.9 Å². The normalized spacial score (nSPS) is 12.3. The van der Waals surface area contributed by atoms with Gasteiger partial charge in [-0.2, -0.15) is 0 Å². The van der Waals surface area contributed by atoms with Crippen molar-refractivity contribution in [1.82, 2.24) is 5.32 Å². The molecule has 0 aliphatic carbocycles. The lowest BCUT2D eigenvalue weighted by molar-refractivity contribution is -0.148. The maximum absolute atomic E-state index is 12.0. The highest BCUT2D eigenvalue weighted by Gasteiger charge is 2.22. The maximum Gasteiger partial charge on any atom is 0.308 e. The van der Waals surface area contributed by atoms with E-state index in [0.29, 0.717) is 11.4 Å². The SMILES string of the molecule is CC(C)CC(=O)NC(CC(=O)OC(C)C)c1ccccc1Cl. The molecule has 22 heavy (non-hydrogen) atoms. The summed E-state index contributed by atoms with van der Waals surface area (Å²) in [5.41, 5.74) is 0.724. The van der Waals surface area contributed by atoms with E-state index >= 15 is 0 Å². The fraction of sp³-hybridized carbons (Fsp3) is 0.529. The van der Waals surface area contributed by atoms with Gasteiger partial charge in [-0.25, -0.2) is 0 Å². The van der Waals surface area contributed by atoms with Crippen LogP contribution in [0.4, 0.5) is 0 Å². The lowest BCUT2D eigenvalue weighted by Gasteiger charge is -2.21. The van der Waals surface area contributed by atoms with Gasteiger partial charge in [0, 0.05) is 11.4 Å². The van der Waals surface area contributed by atoms with Crippen LogP contribution in [0.2, 0.25) is 5.02 Å². The fourth-order valence-corrected chi connectivity index (χ4v) is 2.37. The number of halogens is 1. The Morgan fingerprint density at radius 1 is 1.14 bits per heavy atom. The Balaban J connectivity index is 2.88. The first-order valence-corrected chi connectivity index (χ1v) is 7.90. The lowest BCUT2D eigenvalue weighted by Crippen LogP contribution is -2.31. The first-order chi connectivity index (χ1) is 10.3. The van der Waals surface area contributed by atoms with E-state index in [1.54, 1.807) is 19.9 Å². The van der Waals surface area contributed by atoms with Crippen molar-refractivity contribution in [2.45, 2.75) is 52.7 Å². The van der Waals surface area contributed by atoms with Gasteiger partial charge in [0.15, 0.2) is 0 Å². The van der Waals surface area contributed by atoms with Gasteiger partial charge in [-0.05, 0) is 31.4 Å². The minimum Gasteiger partial charge on any atom is -0.463 e. The van der Waals surface area contributed by atoms with Crippen molar-refractivity contribution >= 4 is 23.5 Å². The fourth-order valence-electron chi connectivity index (χ4n) is 2.10. The molecule has 0 saturated carbocycles. The van der Waals surface area contributed by atoms with Crippen LogP contribution < -0.4 is 5.32 Å². The molecule has 0 aromatic heterocycles. The van der Waals surface area contributed by atoms with E-state index in [9.17, 15) is 9.59 Å². The largest absolute Gasteiger partial charge is 0.463 e. The maximum atomic E-state index is 12.0. The summed E-state index contributed by atoms with van der Waals surface area (Å²) in [6.07, 6.45) is 0.275. The second-order valence-corrected chi connectivity index (χ2v) is 6.39. The van der Waals surface area contributed by atoms with Crippen LogP contribution in [-0.4, -0.2) is 18.0 Å². The van der Waals surface area contributed by atoms with Crippen molar-refractivity contribution < 1.29 is 14.3 Å². The van der Waals surface area contributed by atoms with Gasteiger partial charge in [-0.1, -0.05) is 43.6 Å². The minimum absolute atomic E-state index is 0.0613. The molecule has 1 aromatic rings. The summed E-state index contributed by atoms with van der Waals surface area (Å²) in [4.78, 5) is 24.0. The topological polar surface area (TPSA) is 55.4 Å². The average Bonchev–Trinajstić information content (AvgIpc) is 2.36. The Labute approximate surface area is 137 Å². The number of carbonyl (C=O) groups is 2. The molecule has 4 nitrogen and oxygen atoms in total. The predicted molar refractivity (Wildman–Crippen MR) is 87.6 cm³/mol. The van der Waals surface area contributed by atoms with E-state index in [-0.39, 0.29) is 30.3 Å². The summed E-state index contributed by atoms with van der Waals surface area (Å²) < 4.78 is 5.17. The van der Waals surface area contributed by atoms with Crippen LogP contribution in [0.3, 0.4) is 0 Å². The Morgan fingerprint density at radius 2 is 1.77 bits per heavy atom. The van der Waals surface area contributed by atoms with Crippen molar-refractivity contribution in [1.29, 1.82) is 0 Å². The quantitative estimate of drug-likeness (QED) is 0.774. The monoisotopic (exact) mass is 325 g/mol. The molecular weight excluding hydrogens is 302 g/mol. The summed E-state index contributed by atoms with van der Waals surface area (Å²) in [6.45, 7) is 7.52. The molecule has 0 spiro atoms. The molecule has 1 unspecified atom stereocenters. The molecule has 0 heterocycles. The zero-order chi connectivity index (χ0) is 16.7. The predicted octanol–water partition coefficient (Wildman–Crippen LogP) is 3.89. The van der Waals surface area contributed by atoms with Gasteiger partial charge >= 0.3 is 5.97 Å². The highest BCUT2D eigenvalue weighted by Crippen LogP contribution is 2.26. The Kier molecular flexibility index (Phi) is 7.39. The number of amides is 1. The summed E-state index contributed by atoms with van der Waals surface area (Å²) in [7, 11) is 0. The molecule has 0 saturated heterocycles. The zero-order valence-electron chi connectivity index (χ0n) is 13.6. The van der Waals surface area contributed by atoms with Crippen LogP contribution in [0, 0.1) is 5.92 Å². The van der Waals surface area contributed by atoms with Crippen molar-refractivity contribution in [3.63, 3.8) is 0 Å². The molecule has 1 N–H and O–H groups in total. The Bertz CT molecular complexity index is 490. The third-order valence-electron chi connectivity index (χ3n) is 2.95. The second-order valence-electron chi connectivity index (χ2n) is 5.98. The van der Waals surface area contributed by atoms with Gasteiger partial charge < -0.3 is 10.1 Å². The van der Waals surface area contributed by atoms with Crippen LogP contribution in [0.15, 0.2) is 24.3 Å². The molecule has 0 aliphatic heterocycles. The van der Waals surface area contributed by atoms with Crippen LogP contribution in [0.5, 0.6) is 0 Å². The molecule has 1 atom stereocenters. The van der Waals surface area contributed by atoms with Crippen LogP contribution in [0.1, 0.15) is 52.1 Å². The van der Waals surface area contributed by atoms with E-state index in [0.717, 1.165) is 5.56 Å². The number of hydrogen-bond donors (Lipinski definition) is 1. The van der Waals surface area contributed by atoms with Gasteiger partial charge in [0.25, 0.3) is 0 Å². The summed E-state index contributed by atoms with van der Waals surface area (Å²) in [5.74, 6) is -0.212. The Hall–Kier alpha value is -1.55. The number of esters is 1. The zero-order valence-corrected chi connectivity index (χ0v) is 14.3. The number of rotatable bonds is 7. The standard InChI is InChI=1S/C17H24ClNO3/c1-11(2)9-16(20)19-15(10-17(21)22-12(3)4)13-7-5-6-8-14(13)18/h5-8,11-12,15H,9-10H2,1-4H3,(H,19,20). The molecule has 5 heteroatoms. The van der Waals surface area contributed by atoms with Crippen LogP contribution >= 0.6 is 11.6 Å². The van der Waals surface area contributed by atoms with E-state index in [1.165, 1.54) is 0 Å². The number of nitrogens with one attached hydrogen (secondary N) is 1. The van der Waals surface area contributed by atoms with Crippen molar-refractivity contribution in [3.8, 4) is 0 Å². The summed E-state index contributed by atoms with van der Waals surface area (Å²) >= 11 is 6.19. The first kappa shape index (κ1) is 18.5. The molecule has 122 valence electrons. The number of ether oxygens (including phenoxy) is 1. The first-order valence-electron chi connectivity index (χ1n) is 7.52. The highest BCUT2D eigenvalue weighted by molar-refractivity contribution is 6.31. The van der Waals surface area contributed by atoms with Gasteiger partial charge in [-0.3, -0.25) is 9.59 Å². The van der Waals surface area contributed by atoms with Gasteiger partial charge in [0.1, 0.15) is 0 Å². The molecule has 1 rings (SSSR count). The smallest absolute Gasteiger partial charge is 0.308 e. The molecule has 0 radical (unpaired) electrons. The van der Waals surface area contributed by atoms with E-state index in [1.807, 2.05) is 32.0 Å². The average molecular weight is 326 g/mol. The van der Waals surface area contributed by atoms with E-state index in [4.69, 9.17) is 16.3 Å². The minimum atomic E-state index is -0.480. The Morgan fingerprint density at radius 3 is 2.32 bits per heavy atom. The van der Waals surface area contributed by atoms with Crippen LogP contribution in [-0.2, 0) is 14.3 Å². The molecule has 0 aliphatic rings. The third-order valence-corrected chi connectivity index (χ3v) is 3.29. The molecule has 1 amide bonds. The molecular formula is C17H24ClNO3. The summed E-state index contributed by atoms with van der Waals surface area (Å²) in [5, 5.41) is 3.41. The van der Waals surface area contributed by atoms with Crippen molar-refractivity contribution in [2.75, 3.05) is 0 Å². The number of carbonyl (C=O) groups excluding carboxylic acids is 2. The third kappa shape index (κ3) is 6.48. The van der Waals surface area contributed by atoms with Gasteiger partial charge in [0.05, 0.1) is 18.6 Å². The lowest BCUT2D eigenvalue weighted by atomic mass is 10.0. The van der Waals surface area contributed by atoms with Gasteiger partial charge in [0.2, 0.25) is 5.91 Å². The highest BCUT2D eigenvalue weighted by atomic mass is 35.5. The van der Waals surface area contributed by atoms with Gasteiger partial charge in [-0.15, -0.1) is 0 Å². The number of hydrogen-bond acceptors (Lipinski definition) is 3. The summed E-state index contributed by atoms with van der Waals surface area (Å²) in [6, 6.07) is 6.71. The second kappa shape index (κ2) is 8.79. The molecule has 0 bridgehead atoms. The van der Waals surface area contributed by atoms with E-state index < -0.39 is 6.04 Å².